The van der Waals surface area contributed by atoms with Gasteiger partial charge >= 0.3 is 5.97 Å². The van der Waals surface area contributed by atoms with Gasteiger partial charge in [-0.2, -0.15) is 0 Å². The van der Waals surface area contributed by atoms with E-state index in [1.807, 2.05) is 6.92 Å². The highest BCUT2D eigenvalue weighted by Gasteiger charge is 2.36. The second-order valence-corrected chi connectivity index (χ2v) is 8.34. The molecule has 3 rings (SSSR count). The summed E-state index contributed by atoms with van der Waals surface area (Å²) in [4.78, 5) is 37.1. The molecule has 1 aliphatic rings. The van der Waals surface area contributed by atoms with Gasteiger partial charge in [-0.05, 0) is 54.6 Å². The molecular formula is C22H19Cl2NO6S. The molecule has 0 N–H and O–H groups in total. The smallest absolute Gasteiger partial charge is 0.325 e. The van der Waals surface area contributed by atoms with E-state index >= 15 is 0 Å². The molecule has 10 heteroatoms. The molecule has 1 aliphatic heterocycles. The van der Waals surface area contributed by atoms with Crippen molar-refractivity contribution in [2.24, 2.45) is 0 Å². The number of carbonyl (C=O) groups excluding carboxylic acids is 3. The maximum absolute atomic E-state index is 12.5. The number of benzene rings is 2. The standard InChI is InChI=1S/C22H19Cl2NO6S/c1-3-30-18-8-13(9-19-21(27)25(22(28)32-19)11-20(26)29-2)4-7-17(18)31-12-14-5-6-15(23)10-16(14)24/h4-10H,3,11-12H2,1-2H3. The van der Waals surface area contributed by atoms with Gasteiger partial charge in [0.2, 0.25) is 0 Å². The Morgan fingerprint density at radius 1 is 1.09 bits per heavy atom. The van der Waals surface area contributed by atoms with Gasteiger partial charge in [-0.15, -0.1) is 0 Å². The minimum atomic E-state index is -0.672. The number of imide groups is 1. The Labute approximate surface area is 199 Å². The third-order valence-corrected chi connectivity index (χ3v) is 5.85. The van der Waals surface area contributed by atoms with Gasteiger partial charge in [0.15, 0.2) is 11.5 Å². The SMILES string of the molecule is CCOc1cc(C=C2SC(=O)N(CC(=O)OC)C2=O)ccc1OCc1ccc(Cl)cc1Cl. The highest BCUT2D eigenvalue weighted by Crippen LogP contribution is 2.35. The van der Waals surface area contributed by atoms with Gasteiger partial charge < -0.3 is 14.2 Å². The molecule has 2 aromatic rings. The fraction of sp³-hybridized carbons (Fsp3) is 0.227. The number of amides is 2. The summed E-state index contributed by atoms with van der Waals surface area (Å²) < 4.78 is 16.1. The van der Waals surface area contributed by atoms with E-state index in [1.54, 1.807) is 42.5 Å². The zero-order valence-electron chi connectivity index (χ0n) is 17.2. The highest BCUT2D eigenvalue weighted by molar-refractivity contribution is 8.18. The van der Waals surface area contributed by atoms with Gasteiger partial charge in [-0.3, -0.25) is 19.3 Å². The van der Waals surface area contributed by atoms with E-state index in [1.165, 1.54) is 7.11 Å². The van der Waals surface area contributed by atoms with Crippen molar-refractivity contribution in [3.63, 3.8) is 0 Å². The normalized spacial score (nSPS) is 14.8. The van der Waals surface area contributed by atoms with E-state index in [2.05, 4.69) is 4.74 Å². The number of methoxy groups -OCH3 is 1. The van der Waals surface area contributed by atoms with Gasteiger partial charge in [-0.25, -0.2) is 0 Å². The van der Waals surface area contributed by atoms with Crippen molar-refractivity contribution in [1.29, 1.82) is 0 Å². The number of thioether (sulfide) groups is 1. The van der Waals surface area contributed by atoms with E-state index in [-0.39, 0.29) is 11.5 Å². The Balaban J connectivity index is 1.78. The Bertz CT molecular complexity index is 1090. The van der Waals surface area contributed by atoms with Crippen molar-refractivity contribution in [2.75, 3.05) is 20.3 Å². The molecule has 0 aliphatic carbocycles. The summed E-state index contributed by atoms with van der Waals surface area (Å²) in [6.45, 7) is 2.02. The second kappa shape index (κ2) is 10.8. The largest absolute Gasteiger partial charge is 0.490 e. The quantitative estimate of drug-likeness (QED) is 0.368. The van der Waals surface area contributed by atoms with Crippen molar-refractivity contribution in [1.82, 2.24) is 4.90 Å². The Morgan fingerprint density at radius 3 is 2.56 bits per heavy atom. The molecule has 1 heterocycles. The molecule has 1 saturated heterocycles. The molecule has 0 saturated carbocycles. The van der Waals surface area contributed by atoms with E-state index in [0.29, 0.717) is 33.7 Å². The topological polar surface area (TPSA) is 82.1 Å². The Morgan fingerprint density at radius 2 is 1.88 bits per heavy atom. The zero-order chi connectivity index (χ0) is 23.3. The average molecular weight is 496 g/mol. The summed E-state index contributed by atoms with van der Waals surface area (Å²) in [5, 5.41) is 0.500. The van der Waals surface area contributed by atoms with Crippen molar-refractivity contribution >= 4 is 58.2 Å². The monoisotopic (exact) mass is 495 g/mol. The summed E-state index contributed by atoms with van der Waals surface area (Å²) >= 11 is 12.9. The number of ether oxygens (including phenoxy) is 3. The molecule has 7 nitrogen and oxygen atoms in total. The molecule has 2 amide bonds. The lowest BCUT2D eigenvalue weighted by molar-refractivity contribution is -0.143. The first kappa shape index (κ1) is 24.0. The highest BCUT2D eigenvalue weighted by atomic mass is 35.5. The summed E-state index contributed by atoms with van der Waals surface area (Å²) in [6, 6.07) is 10.3. The third-order valence-electron chi connectivity index (χ3n) is 4.35. The molecule has 1 fully saturated rings. The van der Waals surface area contributed by atoms with Crippen LogP contribution in [0.2, 0.25) is 10.0 Å². The van der Waals surface area contributed by atoms with E-state index in [9.17, 15) is 14.4 Å². The van der Waals surface area contributed by atoms with Crippen LogP contribution in [0.5, 0.6) is 11.5 Å². The minimum absolute atomic E-state index is 0.197. The number of rotatable bonds is 8. The molecule has 0 spiro atoms. The lowest BCUT2D eigenvalue weighted by atomic mass is 10.1. The molecule has 0 unspecified atom stereocenters. The molecule has 32 heavy (non-hydrogen) atoms. The Kier molecular flexibility index (Phi) is 8.06. The van der Waals surface area contributed by atoms with Crippen LogP contribution >= 0.6 is 35.0 Å². The summed E-state index contributed by atoms with van der Waals surface area (Å²) in [5.41, 5.74) is 1.40. The van der Waals surface area contributed by atoms with Gasteiger partial charge in [0, 0.05) is 15.6 Å². The van der Waals surface area contributed by atoms with Crippen LogP contribution in [-0.2, 0) is 20.9 Å². The maximum Gasteiger partial charge on any atom is 0.325 e. The fourth-order valence-electron chi connectivity index (χ4n) is 2.78. The zero-order valence-corrected chi connectivity index (χ0v) is 19.6. The number of carbonyl (C=O) groups is 3. The predicted octanol–water partition coefficient (Wildman–Crippen LogP) is 5.18. The van der Waals surface area contributed by atoms with Crippen LogP contribution in [0.25, 0.3) is 6.08 Å². The summed E-state index contributed by atoms with van der Waals surface area (Å²) in [5.74, 6) is -0.260. The first-order valence-electron chi connectivity index (χ1n) is 9.48. The van der Waals surface area contributed by atoms with Gasteiger partial charge in [0.05, 0.1) is 18.6 Å². The molecule has 168 valence electrons. The summed E-state index contributed by atoms with van der Waals surface area (Å²) in [6.07, 6.45) is 1.56. The van der Waals surface area contributed by atoms with Crippen molar-refractivity contribution < 1.29 is 28.6 Å². The van der Waals surface area contributed by atoms with Gasteiger partial charge in [0.1, 0.15) is 13.2 Å². The van der Waals surface area contributed by atoms with Crippen LogP contribution in [-0.4, -0.2) is 42.3 Å². The van der Waals surface area contributed by atoms with Crippen molar-refractivity contribution in [3.8, 4) is 11.5 Å². The van der Waals surface area contributed by atoms with E-state index < -0.39 is 23.7 Å². The second-order valence-electron chi connectivity index (χ2n) is 6.51. The van der Waals surface area contributed by atoms with Crippen LogP contribution in [0.15, 0.2) is 41.3 Å². The van der Waals surface area contributed by atoms with Crippen molar-refractivity contribution in [3.05, 3.63) is 62.5 Å². The molecular weight excluding hydrogens is 477 g/mol. The van der Waals surface area contributed by atoms with E-state index in [0.717, 1.165) is 22.2 Å². The Hall–Kier alpha value is -2.68. The minimum Gasteiger partial charge on any atom is -0.490 e. The van der Waals surface area contributed by atoms with Gasteiger partial charge in [-0.1, -0.05) is 35.3 Å². The van der Waals surface area contributed by atoms with Crippen molar-refractivity contribution in [2.45, 2.75) is 13.5 Å². The van der Waals surface area contributed by atoms with Gasteiger partial charge in [0.25, 0.3) is 11.1 Å². The van der Waals surface area contributed by atoms with Crippen LogP contribution < -0.4 is 9.47 Å². The lowest BCUT2D eigenvalue weighted by Gasteiger charge is -2.13. The predicted molar refractivity (Wildman–Crippen MR) is 123 cm³/mol. The molecule has 2 aromatic carbocycles. The number of halogens is 2. The lowest BCUT2D eigenvalue weighted by Crippen LogP contribution is -2.34. The molecule has 0 atom stereocenters. The average Bonchev–Trinajstić information content (AvgIpc) is 3.01. The van der Waals surface area contributed by atoms with Crippen LogP contribution in [0.3, 0.4) is 0 Å². The number of hydrogen-bond donors (Lipinski definition) is 0. The first-order chi connectivity index (χ1) is 15.3. The molecule has 0 radical (unpaired) electrons. The van der Waals surface area contributed by atoms with E-state index in [4.69, 9.17) is 32.7 Å². The third kappa shape index (κ3) is 5.76. The number of hydrogen-bond acceptors (Lipinski definition) is 7. The van der Waals surface area contributed by atoms with Crippen LogP contribution in [0.4, 0.5) is 4.79 Å². The number of esters is 1. The molecule has 0 bridgehead atoms. The van der Waals surface area contributed by atoms with Crippen LogP contribution in [0.1, 0.15) is 18.1 Å². The summed E-state index contributed by atoms with van der Waals surface area (Å²) in [7, 11) is 1.19. The molecule has 0 aromatic heterocycles. The number of nitrogens with zero attached hydrogens (tertiary/aromatic N) is 1. The maximum atomic E-state index is 12.5. The first-order valence-corrected chi connectivity index (χ1v) is 11.1. The van der Waals surface area contributed by atoms with Crippen LogP contribution in [0, 0.1) is 0 Å². The fourth-order valence-corrected chi connectivity index (χ4v) is 4.08.